The first kappa shape index (κ1) is 14.3. The van der Waals surface area contributed by atoms with Crippen LogP contribution in [0, 0.1) is 12.7 Å². The Bertz CT molecular complexity index is 599. The first-order valence-corrected chi connectivity index (χ1v) is 6.61. The Morgan fingerprint density at radius 1 is 1.21 bits per heavy atom. The molecule has 0 saturated heterocycles. The lowest BCUT2D eigenvalue weighted by Crippen LogP contribution is -2.03. The highest BCUT2D eigenvalue weighted by molar-refractivity contribution is 6.31. The number of hydrogen-bond donors (Lipinski definition) is 1. The highest BCUT2D eigenvalue weighted by atomic mass is 35.5. The van der Waals surface area contributed by atoms with E-state index in [1.807, 2.05) is 13.0 Å². The zero-order valence-corrected chi connectivity index (χ0v) is 11.8. The monoisotopic (exact) mass is 298 g/mol. The van der Waals surface area contributed by atoms with Gasteiger partial charge in [0.05, 0.1) is 11.1 Å². The fraction of sp³-hybridized carbons (Fsp3) is 0.200. The number of benzene rings is 2. The van der Waals surface area contributed by atoms with Gasteiger partial charge in [0.25, 0.3) is 0 Å². The van der Waals surface area contributed by atoms with Crippen LogP contribution in [0.15, 0.2) is 36.4 Å². The Kier molecular flexibility index (Phi) is 4.46. The average Bonchev–Trinajstić information content (AvgIpc) is 2.38. The largest absolute Gasteiger partial charge is 0.388 e. The maximum atomic E-state index is 13.3. The van der Waals surface area contributed by atoms with Crippen LogP contribution in [0.25, 0.3) is 0 Å². The summed E-state index contributed by atoms with van der Waals surface area (Å²) in [5.41, 5.74) is 2.21. The molecule has 1 nitrogen and oxygen atoms in total. The Balaban J connectivity index is 2.23. The Hall–Kier alpha value is -1.09. The Labute approximate surface area is 121 Å². The summed E-state index contributed by atoms with van der Waals surface area (Å²) < 4.78 is 13.3. The molecule has 0 aliphatic rings. The van der Waals surface area contributed by atoms with Crippen molar-refractivity contribution in [2.45, 2.75) is 19.4 Å². The molecule has 2 aromatic rings. The first-order chi connectivity index (χ1) is 8.99. The predicted octanol–water partition coefficient (Wildman–Crippen LogP) is 4.72. The Morgan fingerprint density at radius 3 is 2.63 bits per heavy atom. The summed E-state index contributed by atoms with van der Waals surface area (Å²) in [6.45, 7) is 1.89. The minimum absolute atomic E-state index is 0.0553. The minimum atomic E-state index is -0.766. The van der Waals surface area contributed by atoms with Crippen molar-refractivity contribution in [2.24, 2.45) is 0 Å². The van der Waals surface area contributed by atoms with Crippen molar-refractivity contribution in [2.75, 3.05) is 0 Å². The Morgan fingerprint density at radius 2 is 1.95 bits per heavy atom. The van der Waals surface area contributed by atoms with E-state index in [1.54, 1.807) is 24.3 Å². The lowest BCUT2D eigenvalue weighted by molar-refractivity contribution is 0.178. The van der Waals surface area contributed by atoms with Crippen LogP contribution in [-0.4, -0.2) is 5.11 Å². The van der Waals surface area contributed by atoms with Gasteiger partial charge in [-0.05, 0) is 35.7 Å². The molecular formula is C15H13Cl2FO. The van der Waals surface area contributed by atoms with Crippen molar-refractivity contribution in [3.63, 3.8) is 0 Å². The van der Waals surface area contributed by atoms with Crippen LogP contribution in [-0.2, 0) is 6.42 Å². The standard InChI is InChI=1S/C15H13Cl2FO/c1-9-5-6-10(7-12(9)16)14(19)8-11-3-2-4-13(18)15(11)17/h2-7,14,19H,8H2,1H3. The summed E-state index contributed by atoms with van der Waals surface area (Å²) in [4.78, 5) is 0. The van der Waals surface area contributed by atoms with E-state index in [0.29, 0.717) is 16.1 Å². The van der Waals surface area contributed by atoms with E-state index in [1.165, 1.54) is 6.07 Å². The lowest BCUT2D eigenvalue weighted by atomic mass is 10.0. The predicted molar refractivity (Wildman–Crippen MR) is 76.3 cm³/mol. The molecule has 0 fully saturated rings. The third kappa shape index (κ3) is 3.27. The summed E-state index contributed by atoms with van der Waals surface area (Å²) in [5.74, 6) is -0.478. The molecule has 0 aliphatic carbocycles. The van der Waals surface area contributed by atoms with Gasteiger partial charge in [-0.3, -0.25) is 0 Å². The van der Waals surface area contributed by atoms with Gasteiger partial charge in [-0.1, -0.05) is 47.5 Å². The van der Waals surface area contributed by atoms with Gasteiger partial charge >= 0.3 is 0 Å². The number of halogens is 3. The van der Waals surface area contributed by atoms with Gasteiger partial charge in [-0.15, -0.1) is 0 Å². The molecule has 0 aromatic heterocycles. The van der Waals surface area contributed by atoms with E-state index >= 15 is 0 Å². The third-order valence-corrected chi connectivity index (χ3v) is 3.86. The second-order valence-electron chi connectivity index (χ2n) is 4.44. The van der Waals surface area contributed by atoms with Crippen molar-refractivity contribution < 1.29 is 9.50 Å². The summed E-state index contributed by atoms with van der Waals surface area (Å²) >= 11 is 11.9. The fourth-order valence-electron chi connectivity index (χ4n) is 1.85. The lowest BCUT2D eigenvalue weighted by Gasteiger charge is -2.13. The first-order valence-electron chi connectivity index (χ1n) is 5.86. The molecule has 4 heteroatoms. The minimum Gasteiger partial charge on any atom is -0.388 e. The van der Waals surface area contributed by atoms with Crippen molar-refractivity contribution in [1.82, 2.24) is 0 Å². The molecule has 0 saturated carbocycles. The summed E-state index contributed by atoms with van der Waals surface area (Å²) in [6, 6.07) is 9.93. The van der Waals surface area contributed by atoms with Gasteiger partial charge in [0.15, 0.2) is 0 Å². The number of hydrogen-bond acceptors (Lipinski definition) is 1. The molecule has 1 unspecified atom stereocenters. The molecule has 0 spiro atoms. The SMILES string of the molecule is Cc1ccc(C(O)Cc2cccc(F)c2Cl)cc1Cl. The molecule has 2 aromatic carbocycles. The highest BCUT2D eigenvalue weighted by Crippen LogP contribution is 2.27. The van der Waals surface area contributed by atoms with Gasteiger partial charge in [-0.2, -0.15) is 0 Å². The van der Waals surface area contributed by atoms with Crippen LogP contribution in [0.3, 0.4) is 0 Å². The van der Waals surface area contributed by atoms with Crippen molar-refractivity contribution in [3.8, 4) is 0 Å². The molecule has 0 radical (unpaired) electrons. The van der Waals surface area contributed by atoms with E-state index in [-0.39, 0.29) is 11.4 Å². The summed E-state index contributed by atoms with van der Waals surface area (Å²) in [7, 11) is 0. The normalized spacial score (nSPS) is 12.5. The number of rotatable bonds is 3. The van der Waals surface area contributed by atoms with Gasteiger partial charge < -0.3 is 5.11 Å². The molecule has 1 atom stereocenters. The molecular weight excluding hydrogens is 286 g/mol. The van der Waals surface area contributed by atoms with E-state index in [4.69, 9.17) is 23.2 Å². The van der Waals surface area contributed by atoms with Gasteiger partial charge in [0.2, 0.25) is 0 Å². The molecule has 0 bridgehead atoms. The topological polar surface area (TPSA) is 20.2 Å². The van der Waals surface area contributed by atoms with Gasteiger partial charge in [-0.25, -0.2) is 4.39 Å². The molecule has 0 heterocycles. The summed E-state index contributed by atoms with van der Waals surface area (Å²) in [5, 5.41) is 10.8. The van der Waals surface area contributed by atoms with Gasteiger partial charge in [0, 0.05) is 11.4 Å². The second-order valence-corrected chi connectivity index (χ2v) is 5.23. The van der Waals surface area contributed by atoms with E-state index in [9.17, 15) is 9.50 Å². The third-order valence-electron chi connectivity index (χ3n) is 3.03. The summed E-state index contributed by atoms with van der Waals surface area (Å²) in [6.07, 6.45) is -0.520. The van der Waals surface area contributed by atoms with E-state index < -0.39 is 11.9 Å². The van der Waals surface area contributed by atoms with Crippen molar-refractivity contribution >= 4 is 23.2 Å². The number of aliphatic hydroxyl groups excluding tert-OH is 1. The molecule has 2 rings (SSSR count). The smallest absolute Gasteiger partial charge is 0.142 e. The van der Waals surface area contributed by atoms with Crippen LogP contribution < -0.4 is 0 Å². The molecule has 100 valence electrons. The zero-order valence-electron chi connectivity index (χ0n) is 10.3. The van der Waals surface area contributed by atoms with E-state index in [0.717, 1.165) is 5.56 Å². The van der Waals surface area contributed by atoms with Crippen LogP contribution >= 0.6 is 23.2 Å². The van der Waals surface area contributed by atoms with Crippen molar-refractivity contribution in [3.05, 3.63) is 69.0 Å². The van der Waals surface area contributed by atoms with Crippen LogP contribution in [0.4, 0.5) is 4.39 Å². The number of aliphatic hydroxyl groups is 1. The highest BCUT2D eigenvalue weighted by Gasteiger charge is 2.13. The second kappa shape index (κ2) is 5.91. The number of aryl methyl sites for hydroxylation is 1. The molecule has 1 N–H and O–H groups in total. The molecule has 0 amide bonds. The maximum absolute atomic E-state index is 13.3. The van der Waals surface area contributed by atoms with Crippen LogP contribution in [0.1, 0.15) is 22.8 Å². The van der Waals surface area contributed by atoms with Crippen LogP contribution in [0.5, 0.6) is 0 Å². The molecule has 19 heavy (non-hydrogen) atoms. The van der Waals surface area contributed by atoms with E-state index in [2.05, 4.69) is 0 Å². The van der Waals surface area contributed by atoms with Gasteiger partial charge in [0.1, 0.15) is 5.82 Å². The zero-order chi connectivity index (χ0) is 14.0. The maximum Gasteiger partial charge on any atom is 0.142 e. The van der Waals surface area contributed by atoms with Crippen LogP contribution in [0.2, 0.25) is 10.0 Å². The average molecular weight is 299 g/mol. The quantitative estimate of drug-likeness (QED) is 0.869. The van der Waals surface area contributed by atoms with Crippen molar-refractivity contribution in [1.29, 1.82) is 0 Å². The molecule has 0 aliphatic heterocycles. The fourth-order valence-corrected chi connectivity index (χ4v) is 2.24.